The van der Waals surface area contributed by atoms with Gasteiger partial charge in [0.2, 0.25) is 0 Å². The summed E-state index contributed by atoms with van der Waals surface area (Å²) in [5.41, 5.74) is 2.45. The molecule has 2 rings (SSSR count). The van der Waals surface area contributed by atoms with Crippen molar-refractivity contribution < 1.29 is 4.74 Å². The molecule has 0 radical (unpaired) electrons. The number of aromatic nitrogens is 1. The van der Waals surface area contributed by atoms with Gasteiger partial charge in [-0.05, 0) is 24.8 Å². The molecule has 7 heteroatoms. The molecule has 0 amide bonds. The summed E-state index contributed by atoms with van der Waals surface area (Å²) in [6, 6.07) is 1.63. The van der Waals surface area contributed by atoms with E-state index in [2.05, 4.69) is 10.4 Å². The molecule has 0 aliphatic heterocycles. The van der Waals surface area contributed by atoms with Crippen molar-refractivity contribution in [3.05, 3.63) is 16.1 Å². The molecule has 1 aromatic heterocycles. The lowest BCUT2D eigenvalue weighted by Gasteiger charge is -2.20. The second kappa shape index (κ2) is 6.61. The lowest BCUT2D eigenvalue weighted by Crippen LogP contribution is -2.25. The number of nitrogens with one attached hydrogen (secondary N) is 1. The first-order chi connectivity index (χ1) is 9.11. The van der Waals surface area contributed by atoms with Crippen molar-refractivity contribution in [1.29, 1.82) is 0 Å². The van der Waals surface area contributed by atoms with Crippen LogP contribution >= 0.6 is 23.2 Å². The van der Waals surface area contributed by atoms with E-state index in [9.17, 15) is 0 Å². The van der Waals surface area contributed by atoms with Crippen LogP contribution in [-0.4, -0.2) is 31.8 Å². The number of anilines is 2. The molecule has 0 spiro atoms. The summed E-state index contributed by atoms with van der Waals surface area (Å²) < 4.78 is 5.59. The predicted molar refractivity (Wildman–Crippen MR) is 78.9 cm³/mol. The quantitative estimate of drug-likeness (QED) is 0.460. The molecule has 1 aromatic rings. The van der Waals surface area contributed by atoms with Crippen LogP contribution in [0.2, 0.25) is 10.0 Å². The molecule has 1 fully saturated rings. The topological polar surface area (TPSA) is 63.4 Å². The zero-order chi connectivity index (χ0) is 13.8. The number of ether oxygens (including phenoxy) is 1. The van der Waals surface area contributed by atoms with E-state index < -0.39 is 0 Å². The Morgan fingerprint density at radius 2 is 2.21 bits per heavy atom. The maximum atomic E-state index is 6.13. The van der Waals surface area contributed by atoms with Crippen molar-refractivity contribution in [3.8, 4) is 0 Å². The van der Waals surface area contributed by atoms with E-state index in [0.717, 1.165) is 12.5 Å². The second-order valence-electron chi connectivity index (χ2n) is 4.71. The largest absolute Gasteiger partial charge is 0.379 e. The van der Waals surface area contributed by atoms with Crippen molar-refractivity contribution in [2.45, 2.75) is 12.8 Å². The van der Waals surface area contributed by atoms with Gasteiger partial charge in [-0.2, -0.15) is 0 Å². The zero-order valence-corrected chi connectivity index (χ0v) is 12.3. The lowest BCUT2D eigenvalue weighted by molar-refractivity contribution is 0.131. The summed E-state index contributed by atoms with van der Waals surface area (Å²) in [4.78, 5) is 6.21. The Morgan fingerprint density at radius 1 is 1.47 bits per heavy atom. The fraction of sp³-hybridized carbons (Fsp3) is 0.583. The average molecular weight is 305 g/mol. The molecule has 19 heavy (non-hydrogen) atoms. The summed E-state index contributed by atoms with van der Waals surface area (Å²) in [6.07, 6.45) is 2.60. The monoisotopic (exact) mass is 304 g/mol. The minimum atomic E-state index is 0.398. The standard InChI is InChI=1S/C12H18Cl2N4O/c1-18(4-5-19-7-8-2-3-8)12-10(14)6-9(13)11(16-12)17-15/h6,8H,2-5,7,15H2,1H3,(H,16,17). The van der Waals surface area contributed by atoms with Gasteiger partial charge in [-0.3, -0.25) is 0 Å². The average Bonchev–Trinajstić information content (AvgIpc) is 3.18. The van der Waals surface area contributed by atoms with Crippen LogP contribution in [0, 0.1) is 5.92 Å². The SMILES string of the molecule is CN(CCOCC1CC1)c1nc(NN)c(Cl)cc1Cl. The normalized spacial score (nSPS) is 14.5. The van der Waals surface area contributed by atoms with E-state index in [0.29, 0.717) is 34.8 Å². The summed E-state index contributed by atoms with van der Waals surface area (Å²) in [6.45, 7) is 2.22. The van der Waals surface area contributed by atoms with Gasteiger partial charge in [-0.15, -0.1) is 0 Å². The highest BCUT2D eigenvalue weighted by atomic mass is 35.5. The van der Waals surface area contributed by atoms with E-state index in [1.165, 1.54) is 12.8 Å². The summed E-state index contributed by atoms with van der Waals surface area (Å²) >= 11 is 12.1. The third-order valence-corrected chi connectivity index (χ3v) is 3.60. The van der Waals surface area contributed by atoms with Gasteiger partial charge < -0.3 is 15.1 Å². The molecule has 5 nitrogen and oxygen atoms in total. The minimum absolute atomic E-state index is 0.398. The van der Waals surface area contributed by atoms with Gasteiger partial charge in [0.05, 0.1) is 16.7 Å². The van der Waals surface area contributed by atoms with Crippen molar-refractivity contribution >= 4 is 34.8 Å². The van der Waals surface area contributed by atoms with Crippen LogP contribution in [0.4, 0.5) is 11.6 Å². The molecular formula is C12H18Cl2N4O. The first-order valence-corrected chi connectivity index (χ1v) is 6.99. The molecular weight excluding hydrogens is 287 g/mol. The number of likely N-dealkylation sites (N-methyl/N-ethyl adjacent to an activating group) is 1. The van der Waals surface area contributed by atoms with Gasteiger partial charge in [0, 0.05) is 20.2 Å². The van der Waals surface area contributed by atoms with Crippen LogP contribution in [0.3, 0.4) is 0 Å². The molecule has 0 atom stereocenters. The van der Waals surface area contributed by atoms with E-state index in [1.807, 2.05) is 11.9 Å². The fourth-order valence-corrected chi connectivity index (χ4v) is 2.23. The molecule has 1 heterocycles. The molecule has 3 N–H and O–H groups in total. The third kappa shape index (κ3) is 4.11. The van der Waals surface area contributed by atoms with Crippen LogP contribution in [0.1, 0.15) is 12.8 Å². The number of halogens is 2. The van der Waals surface area contributed by atoms with E-state index in [-0.39, 0.29) is 0 Å². The highest BCUT2D eigenvalue weighted by Crippen LogP contribution is 2.31. The van der Waals surface area contributed by atoms with Gasteiger partial charge in [0.15, 0.2) is 5.82 Å². The van der Waals surface area contributed by atoms with Crippen LogP contribution < -0.4 is 16.2 Å². The maximum Gasteiger partial charge on any atom is 0.161 e. The smallest absolute Gasteiger partial charge is 0.161 e. The Bertz CT molecular complexity index is 440. The number of hydrogen-bond acceptors (Lipinski definition) is 5. The van der Waals surface area contributed by atoms with Gasteiger partial charge in [-0.1, -0.05) is 23.2 Å². The Balaban J connectivity index is 1.90. The van der Waals surface area contributed by atoms with Crippen molar-refractivity contribution in [2.24, 2.45) is 11.8 Å². The third-order valence-electron chi connectivity index (χ3n) is 3.03. The van der Waals surface area contributed by atoms with E-state index in [1.54, 1.807) is 6.07 Å². The highest BCUT2D eigenvalue weighted by molar-refractivity contribution is 6.37. The summed E-state index contributed by atoms with van der Waals surface area (Å²) in [5.74, 6) is 7.16. The number of nitrogens with two attached hydrogens (primary N) is 1. The molecule has 1 aliphatic rings. The molecule has 1 aliphatic carbocycles. The number of hydrogen-bond donors (Lipinski definition) is 2. The lowest BCUT2D eigenvalue weighted by atomic mass is 10.4. The Hall–Kier alpha value is -0.750. The van der Waals surface area contributed by atoms with Crippen LogP contribution in [-0.2, 0) is 4.74 Å². The highest BCUT2D eigenvalue weighted by Gasteiger charge is 2.21. The van der Waals surface area contributed by atoms with Crippen LogP contribution in [0.15, 0.2) is 6.07 Å². The van der Waals surface area contributed by atoms with Gasteiger partial charge in [0.1, 0.15) is 5.82 Å². The Kier molecular flexibility index (Phi) is 5.10. The number of hydrazine groups is 1. The molecule has 106 valence electrons. The molecule has 0 aromatic carbocycles. The van der Waals surface area contributed by atoms with Crippen molar-refractivity contribution in [2.75, 3.05) is 37.1 Å². The first-order valence-electron chi connectivity index (χ1n) is 6.23. The number of nitrogen functional groups attached to an aromatic ring is 1. The van der Waals surface area contributed by atoms with Crippen LogP contribution in [0.25, 0.3) is 0 Å². The van der Waals surface area contributed by atoms with Gasteiger partial charge >= 0.3 is 0 Å². The molecule has 0 saturated heterocycles. The molecule has 1 saturated carbocycles. The molecule has 0 unspecified atom stereocenters. The number of nitrogens with zero attached hydrogens (tertiary/aromatic N) is 2. The van der Waals surface area contributed by atoms with Crippen molar-refractivity contribution in [1.82, 2.24) is 4.98 Å². The Morgan fingerprint density at radius 3 is 2.84 bits per heavy atom. The van der Waals surface area contributed by atoms with Gasteiger partial charge in [-0.25, -0.2) is 10.8 Å². The van der Waals surface area contributed by atoms with E-state index in [4.69, 9.17) is 33.8 Å². The summed E-state index contributed by atoms with van der Waals surface area (Å²) in [5, 5.41) is 0.892. The fourth-order valence-electron chi connectivity index (χ4n) is 1.67. The van der Waals surface area contributed by atoms with Crippen molar-refractivity contribution in [3.63, 3.8) is 0 Å². The van der Waals surface area contributed by atoms with Crippen LogP contribution in [0.5, 0.6) is 0 Å². The maximum absolute atomic E-state index is 6.13. The first kappa shape index (κ1) is 14.7. The second-order valence-corrected chi connectivity index (χ2v) is 5.52. The zero-order valence-electron chi connectivity index (χ0n) is 10.8. The van der Waals surface area contributed by atoms with E-state index >= 15 is 0 Å². The molecule has 0 bridgehead atoms. The minimum Gasteiger partial charge on any atom is -0.379 e. The van der Waals surface area contributed by atoms with Gasteiger partial charge in [0.25, 0.3) is 0 Å². The summed E-state index contributed by atoms with van der Waals surface area (Å²) in [7, 11) is 1.91. The Labute approximate surface area is 123 Å². The predicted octanol–water partition coefficient (Wildman–Crippen LogP) is 2.54. The number of pyridine rings is 1. The number of rotatable bonds is 7.